The lowest BCUT2D eigenvalue weighted by Crippen LogP contribution is -2.23. The molecule has 17 heavy (non-hydrogen) atoms. The minimum atomic E-state index is -4.57. The Labute approximate surface area is 95.9 Å². The normalized spacial score (nSPS) is 15.6. The monoisotopic (exact) mass is 250 g/mol. The molecule has 0 fully saturated rings. The van der Waals surface area contributed by atoms with Crippen LogP contribution in [0.3, 0.4) is 0 Å². The summed E-state index contributed by atoms with van der Waals surface area (Å²) in [7, 11) is 0. The van der Waals surface area contributed by atoms with E-state index in [9.17, 15) is 23.4 Å². The third-order valence-electron chi connectivity index (χ3n) is 2.19. The second-order valence-corrected chi connectivity index (χ2v) is 3.53. The maximum absolute atomic E-state index is 12.4. The number of aliphatic hydroxyl groups is 2. The molecular formula is C10H13F3N2O2. The van der Waals surface area contributed by atoms with E-state index in [0.29, 0.717) is 0 Å². The zero-order valence-corrected chi connectivity index (χ0v) is 8.85. The largest absolute Gasteiger partial charge is 0.433 e. The highest BCUT2D eigenvalue weighted by atomic mass is 19.4. The summed E-state index contributed by atoms with van der Waals surface area (Å²) in [4.78, 5) is 3.27. The highest BCUT2D eigenvalue weighted by Crippen LogP contribution is 2.28. The predicted molar refractivity (Wildman–Crippen MR) is 53.9 cm³/mol. The molecule has 4 nitrogen and oxygen atoms in total. The minimum absolute atomic E-state index is 0.0824. The van der Waals surface area contributed by atoms with Gasteiger partial charge in [-0.25, -0.2) is 4.98 Å². The maximum atomic E-state index is 12.4. The number of aromatic nitrogens is 1. The zero-order chi connectivity index (χ0) is 13.1. The Morgan fingerprint density at radius 3 is 2.47 bits per heavy atom. The van der Waals surface area contributed by atoms with Crippen LogP contribution in [-0.4, -0.2) is 27.8 Å². The quantitative estimate of drug-likeness (QED) is 0.740. The van der Waals surface area contributed by atoms with Crippen LogP contribution in [0.4, 0.5) is 13.2 Å². The predicted octanol–water partition coefficient (Wildman–Crippen LogP) is 0.843. The summed E-state index contributed by atoms with van der Waals surface area (Å²) in [5.41, 5.74) is 3.85. The van der Waals surface area contributed by atoms with Crippen molar-refractivity contribution >= 4 is 0 Å². The van der Waals surface area contributed by atoms with Crippen LogP contribution in [0, 0.1) is 0 Å². The van der Waals surface area contributed by atoms with E-state index in [1.807, 2.05) is 0 Å². The third-order valence-corrected chi connectivity index (χ3v) is 2.19. The molecular weight excluding hydrogens is 237 g/mol. The third kappa shape index (κ3) is 3.65. The number of nitrogens with two attached hydrogens (primary N) is 1. The van der Waals surface area contributed by atoms with Gasteiger partial charge in [-0.2, -0.15) is 13.2 Å². The van der Waals surface area contributed by atoms with Gasteiger partial charge in [0.1, 0.15) is 11.8 Å². The highest BCUT2D eigenvalue weighted by molar-refractivity contribution is 5.16. The summed E-state index contributed by atoms with van der Waals surface area (Å²) in [5, 5.41) is 19.0. The molecule has 0 aromatic carbocycles. The molecule has 1 rings (SSSR count). The van der Waals surface area contributed by atoms with Crippen molar-refractivity contribution in [1.82, 2.24) is 4.98 Å². The van der Waals surface area contributed by atoms with Crippen LogP contribution in [0.1, 0.15) is 23.9 Å². The molecule has 0 aliphatic carbocycles. The Morgan fingerprint density at radius 2 is 1.94 bits per heavy atom. The Bertz CT molecular complexity index is 371. The highest BCUT2D eigenvalue weighted by Gasteiger charge is 2.33. The standard InChI is InChI=1S/C10H13F3N2O2/c11-10(12,13)8-3-1-2-6(15-8)9(17)7(16)4-5-14/h1-3,7,9,16-17H,4-5,14H2. The Hall–Kier alpha value is -1.18. The molecule has 0 radical (unpaired) electrons. The SMILES string of the molecule is NCCC(O)C(O)c1cccc(C(F)(F)F)n1. The molecule has 0 aliphatic heterocycles. The fourth-order valence-corrected chi connectivity index (χ4v) is 1.30. The number of aliphatic hydroxyl groups excluding tert-OH is 2. The van der Waals surface area contributed by atoms with Crippen molar-refractivity contribution in [1.29, 1.82) is 0 Å². The summed E-state index contributed by atoms with van der Waals surface area (Å²) >= 11 is 0. The van der Waals surface area contributed by atoms with Gasteiger partial charge in [-0.15, -0.1) is 0 Å². The van der Waals surface area contributed by atoms with Crippen molar-refractivity contribution in [2.45, 2.75) is 24.8 Å². The summed E-state index contributed by atoms with van der Waals surface area (Å²) in [6, 6.07) is 3.15. The summed E-state index contributed by atoms with van der Waals surface area (Å²) in [5.74, 6) is 0. The molecule has 4 N–H and O–H groups in total. The molecule has 0 amide bonds. The first-order valence-electron chi connectivity index (χ1n) is 4.96. The number of pyridine rings is 1. The molecule has 0 aliphatic rings. The number of hydrogen-bond donors (Lipinski definition) is 3. The van der Waals surface area contributed by atoms with Crippen molar-refractivity contribution in [2.75, 3.05) is 6.54 Å². The average Bonchev–Trinajstić information content (AvgIpc) is 2.27. The number of hydrogen-bond acceptors (Lipinski definition) is 4. The van der Waals surface area contributed by atoms with Crippen molar-refractivity contribution < 1.29 is 23.4 Å². The van der Waals surface area contributed by atoms with E-state index in [1.54, 1.807) is 0 Å². The summed E-state index contributed by atoms with van der Waals surface area (Å²) in [6.45, 7) is 0.122. The molecule has 0 spiro atoms. The molecule has 2 unspecified atom stereocenters. The van der Waals surface area contributed by atoms with Gasteiger partial charge in [0, 0.05) is 0 Å². The zero-order valence-electron chi connectivity index (χ0n) is 8.85. The number of rotatable bonds is 4. The molecule has 1 heterocycles. The van der Waals surface area contributed by atoms with Crippen LogP contribution in [0.15, 0.2) is 18.2 Å². The van der Waals surface area contributed by atoms with Crippen molar-refractivity contribution in [3.8, 4) is 0 Å². The number of nitrogens with zero attached hydrogens (tertiary/aromatic N) is 1. The minimum Gasteiger partial charge on any atom is -0.390 e. The first-order chi connectivity index (χ1) is 7.86. The van der Waals surface area contributed by atoms with Gasteiger partial charge in [-0.05, 0) is 25.1 Å². The average molecular weight is 250 g/mol. The molecule has 0 saturated heterocycles. The van der Waals surface area contributed by atoms with E-state index in [1.165, 1.54) is 6.07 Å². The van der Waals surface area contributed by atoms with Crippen LogP contribution in [0.5, 0.6) is 0 Å². The van der Waals surface area contributed by atoms with Crippen LogP contribution < -0.4 is 5.73 Å². The van der Waals surface area contributed by atoms with E-state index < -0.39 is 24.1 Å². The molecule has 1 aromatic rings. The van der Waals surface area contributed by atoms with E-state index in [2.05, 4.69) is 4.98 Å². The van der Waals surface area contributed by atoms with Crippen molar-refractivity contribution in [2.24, 2.45) is 5.73 Å². The molecule has 1 aromatic heterocycles. The van der Waals surface area contributed by atoms with Crippen LogP contribution >= 0.6 is 0 Å². The van der Waals surface area contributed by atoms with Gasteiger partial charge in [0.25, 0.3) is 0 Å². The maximum Gasteiger partial charge on any atom is 0.433 e. The second kappa shape index (κ2) is 5.44. The van der Waals surface area contributed by atoms with E-state index >= 15 is 0 Å². The Kier molecular flexibility index (Phi) is 4.44. The van der Waals surface area contributed by atoms with Crippen LogP contribution in [0.2, 0.25) is 0 Å². The van der Waals surface area contributed by atoms with E-state index in [4.69, 9.17) is 5.73 Å². The number of halogens is 3. The van der Waals surface area contributed by atoms with Crippen LogP contribution in [-0.2, 0) is 6.18 Å². The molecule has 96 valence electrons. The summed E-state index contributed by atoms with van der Waals surface area (Å²) in [6.07, 6.45) is -7.19. The summed E-state index contributed by atoms with van der Waals surface area (Å²) < 4.78 is 37.1. The van der Waals surface area contributed by atoms with Gasteiger partial charge in [0.15, 0.2) is 0 Å². The topological polar surface area (TPSA) is 79.4 Å². The smallest absolute Gasteiger partial charge is 0.390 e. The van der Waals surface area contributed by atoms with Gasteiger partial charge in [0.05, 0.1) is 11.8 Å². The molecule has 7 heteroatoms. The second-order valence-electron chi connectivity index (χ2n) is 3.53. The Balaban J connectivity index is 2.92. The van der Waals surface area contributed by atoms with Gasteiger partial charge in [-0.1, -0.05) is 6.07 Å². The lowest BCUT2D eigenvalue weighted by atomic mass is 10.1. The van der Waals surface area contributed by atoms with Gasteiger partial charge >= 0.3 is 6.18 Å². The first-order valence-corrected chi connectivity index (χ1v) is 4.96. The fraction of sp³-hybridized carbons (Fsp3) is 0.500. The number of alkyl halides is 3. The first kappa shape index (κ1) is 13.9. The Morgan fingerprint density at radius 1 is 1.29 bits per heavy atom. The lowest BCUT2D eigenvalue weighted by Gasteiger charge is -2.17. The van der Waals surface area contributed by atoms with E-state index in [-0.39, 0.29) is 18.7 Å². The van der Waals surface area contributed by atoms with Crippen LogP contribution in [0.25, 0.3) is 0 Å². The molecule has 0 bridgehead atoms. The van der Waals surface area contributed by atoms with Gasteiger partial charge in [-0.3, -0.25) is 0 Å². The van der Waals surface area contributed by atoms with Crippen molar-refractivity contribution in [3.63, 3.8) is 0 Å². The fourth-order valence-electron chi connectivity index (χ4n) is 1.30. The van der Waals surface area contributed by atoms with Gasteiger partial charge in [0.2, 0.25) is 0 Å². The van der Waals surface area contributed by atoms with Gasteiger partial charge < -0.3 is 15.9 Å². The molecule has 2 atom stereocenters. The van der Waals surface area contributed by atoms with Crippen molar-refractivity contribution in [3.05, 3.63) is 29.6 Å². The molecule has 0 saturated carbocycles. The van der Waals surface area contributed by atoms with E-state index in [0.717, 1.165) is 12.1 Å². The lowest BCUT2D eigenvalue weighted by molar-refractivity contribution is -0.141.